The van der Waals surface area contributed by atoms with Crippen LogP contribution >= 0.6 is 27.5 Å². The van der Waals surface area contributed by atoms with Crippen molar-refractivity contribution in [2.45, 2.75) is 17.5 Å². The number of anilines is 2. The van der Waals surface area contributed by atoms with Crippen molar-refractivity contribution in [3.8, 4) is 0 Å². The van der Waals surface area contributed by atoms with Gasteiger partial charge in [-0.1, -0.05) is 100 Å². The molecule has 0 aromatic heterocycles. The SMILES string of the molecule is O=C(c1ccc(Br)cc1)C1C(C(=O)c2ccccc2)C2(C(=O)Nc3ccccc32)C2C=Cc3cc(Cl)ccc3N12. The molecule has 3 aliphatic heterocycles. The average Bonchev–Trinajstić information content (AvgIpc) is 3.45. The Hall–Kier alpha value is -4.00. The fourth-order valence-corrected chi connectivity index (χ4v) is 7.16. The number of halogens is 2. The number of hydrogen-bond acceptors (Lipinski definition) is 4. The van der Waals surface area contributed by atoms with Gasteiger partial charge in [0.25, 0.3) is 0 Å². The van der Waals surface area contributed by atoms with Gasteiger partial charge in [0, 0.05) is 32.0 Å². The zero-order valence-electron chi connectivity index (χ0n) is 21.1. The second-order valence-electron chi connectivity index (χ2n) is 10.3. The molecule has 4 atom stereocenters. The van der Waals surface area contributed by atoms with Gasteiger partial charge in [-0.25, -0.2) is 0 Å². The van der Waals surface area contributed by atoms with E-state index in [1.807, 2.05) is 71.6 Å². The number of nitrogens with one attached hydrogen (secondary N) is 1. The van der Waals surface area contributed by atoms with E-state index < -0.39 is 23.4 Å². The Morgan fingerprint density at radius 1 is 0.850 bits per heavy atom. The Kier molecular flexibility index (Phi) is 5.81. The minimum absolute atomic E-state index is 0.225. The molecule has 4 aromatic carbocycles. The number of amides is 1. The zero-order valence-corrected chi connectivity index (χ0v) is 23.4. The van der Waals surface area contributed by atoms with Crippen LogP contribution in [0, 0.1) is 5.92 Å². The summed E-state index contributed by atoms with van der Waals surface area (Å²) in [6.07, 6.45) is 3.88. The van der Waals surface area contributed by atoms with E-state index in [0.29, 0.717) is 21.8 Å². The van der Waals surface area contributed by atoms with E-state index in [1.54, 1.807) is 42.5 Å². The number of Topliss-reactive ketones (excluding diaryl/α,β-unsaturated/α-hetero) is 2. The van der Waals surface area contributed by atoms with Gasteiger partial charge in [0.05, 0.1) is 12.0 Å². The number of carbonyl (C=O) groups excluding carboxylic acids is 3. The first-order chi connectivity index (χ1) is 19.4. The maximum atomic E-state index is 14.7. The predicted molar refractivity (Wildman–Crippen MR) is 160 cm³/mol. The summed E-state index contributed by atoms with van der Waals surface area (Å²) in [4.78, 5) is 45.6. The number of hydrogen-bond donors (Lipinski definition) is 1. The second kappa shape index (κ2) is 9.29. The molecule has 1 saturated heterocycles. The van der Waals surface area contributed by atoms with Crippen LogP contribution in [0.15, 0.2) is 108 Å². The fourth-order valence-electron chi connectivity index (χ4n) is 6.72. The number of para-hydroxylation sites is 1. The highest BCUT2D eigenvalue weighted by Crippen LogP contribution is 2.58. The highest BCUT2D eigenvalue weighted by molar-refractivity contribution is 9.10. The van der Waals surface area contributed by atoms with Crippen LogP contribution in [0.4, 0.5) is 11.4 Å². The van der Waals surface area contributed by atoms with Gasteiger partial charge in [-0.2, -0.15) is 0 Å². The van der Waals surface area contributed by atoms with Crippen LogP contribution in [0.25, 0.3) is 6.08 Å². The van der Waals surface area contributed by atoms with Gasteiger partial charge < -0.3 is 10.2 Å². The quantitative estimate of drug-likeness (QED) is 0.254. The van der Waals surface area contributed by atoms with E-state index in [2.05, 4.69) is 21.2 Å². The molecule has 196 valence electrons. The van der Waals surface area contributed by atoms with Crippen molar-refractivity contribution < 1.29 is 14.4 Å². The molecule has 4 aromatic rings. The molecule has 1 amide bonds. The van der Waals surface area contributed by atoms with Crippen molar-refractivity contribution in [3.05, 3.63) is 135 Å². The summed E-state index contributed by atoms with van der Waals surface area (Å²) in [5.41, 5.74) is 2.54. The monoisotopic (exact) mass is 608 g/mol. The molecule has 3 aliphatic rings. The van der Waals surface area contributed by atoms with Crippen LogP contribution in [0.2, 0.25) is 5.02 Å². The zero-order chi connectivity index (χ0) is 27.6. The van der Waals surface area contributed by atoms with Crippen LogP contribution in [-0.2, 0) is 10.2 Å². The average molecular weight is 610 g/mol. The van der Waals surface area contributed by atoms with Crippen LogP contribution in [-0.4, -0.2) is 29.6 Å². The van der Waals surface area contributed by atoms with Crippen molar-refractivity contribution >= 4 is 62.5 Å². The first kappa shape index (κ1) is 25.0. The van der Waals surface area contributed by atoms with Crippen molar-refractivity contribution in [2.75, 3.05) is 10.2 Å². The topological polar surface area (TPSA) is 66.5 Å². The van der Waals surface area contributed by atoms with Crippen molar-refractivity contribution in [3.63, 3.8) is 0 Å². The minimum Gasteiger partial charge on any atom is -0.352 e. The second-order valence-corrected chi connectivity index (χ2v) is 11.7. The molecule has 1 spiro atoms. The molecule has 1 fully saturated rings. The van der Waals surface area contributed by atoms with Crippen molar-refractivity contribution in [2.24, 2.45) is 5.92 Å². The maximum Gasteiger partial charge on any atom is 0.238 e. The van der Waals surface area contributed by atoms with E-state index in [9.17, 15) is 14.4 Å². The largest absolute Gasteiger partial charge is 0.352 e. The number of carbonyl (C=O) groups is 3. The molecule has 1 N–H and O–H groups in total. The molecular weight excluding hydrogens is 588 g/mol. The summed E-state index contributed by atoms with van der Waals surface area (Å²) in [6, 6.07) is 27.5. The minimum atomic E-state index is -1.34. The van der Waals surface area contributed by atoms with Gasteiger partial charge in [-0.3, -0.25) is 14.4 Å². The number of rotatable bonds is 4. The molecule has 0 saturated carbocycles. The number of benzene rings is 4. The Bertz CT molecular complexity index is 1740. The lowest BCUT2D eigenvalue weighted by Crippen LogP contribution is -2.51. The summed E-state index contributed by atoms with van der Waals surface area (Å²) in [6.45, 7) is 0. The molecule has 40 heavy (non-hydrogen) atoms. The molecule has 5 nitrogen and oxygen atoms in total. The highest BCUT2D eigenvalue weighted by Gasteiger charge is 2.70. The van der Waals surface area contributed by atoms with Crippen molar-refractivity contribution in [1.29, 1.82) is 0 Å². The molecule has 7 rings (SSSR count). The first-order valence-corrected chi connectivity index (χ1v) is 14.1. The third-order valence-corrected chi connectivity index (χ3v) is 9.10. The Labute approximate surface area is 244 Å². The van der Waals surface area contributed by atoms with Gasteiger partial charge in [0.15, 0.2) is 11.6 Å². The third kappa shape index (κ3) is 3.49. The van der Waals surface area contributed by atoms with Crippen molar-refractivity contribution in [1.82, 2.24) is 0 Å². The maximum absolute atomic E-state index is 14.7. The van der Waals surface area contributed by atoms with Crippen LogP contribution in [0.5, 0.6) is 0 Å². The fraction of sp³-hybridized carbons (Fsp3) is 0.121. The Morgan fingerprint density at radius 3 is 2.33 bits per heavy atom. The molecular formula is C33H22BrClN2O3. The van der Waals surface area contributed by atoms with E-state index in [-0.39, 0.29) is 17.5 Å². The Morgan fingerprint density at radius 2 is 1.55 bits per heavy atom. The van der Waals surface area contributed by atoms with E-state index in [1.165, 1.54) is 0 Å². The smallest absolute Gasteiger partial charge is 0.238 e. The lowest BCUT2D eigenvalue weighted by molar-refractivity contribution is -0.121. The summed E-state index contributed by atoms with van der Waals surface area (Å²) in [7, 11) is 0. The van der Waals surface area contributed by atoms with Gasteiger partial charge in [0.2, 0.25) is 5.91 Å². The summed E-state index contributed by atoms with van der Waals surface area (Å²) in [5.74, 6) is -1.77. The van der Waals surface area contributed by atoms with Gasteiger partial charge >= 0.3 is 0 Å². The molecule has 4 unspecified atom stereocenters. The van der Waals surface area contributed by atoms with Crippen LogP contribution in [0.3, 0.4) is 0 Å². The van der Waals surface area contributed by atoms with Gasteiger partial charge in [0.1, 0.15) is 11.5 Å². The first-order valence-electron chi connectivity index (χ1n) is 13.0. The third-order valence-electron chi connectivity index (χ3n) is 8.33. The summed E-state index contributed by atoms with van der Waals surface area (Å²) < 4.78 is 0.840. The molecule has 0 bridgehead atoms. The summed E-state index contributed by atoms with van der Waals surface area (Å²) >= 11 is 9.81. The molecule has 3 heterocycles. The number of nitrogens with zero attached hydrogens (tertiary/aromatic N) is 1. The highest BCUT2D eigenvalue weighted by atomic mass is 79.9. The Balaban J connectivity index is 1.54. The summed E-state index contributed by atoms with van der Waals surface area (Å²) in [5, 5.41) is 3.61. The van der Waals surface area contributed by atoms with E-state index in [0.717, 1.165) is 21.3 Å². The molecule has 7 heteroatoms. The molecule has 0 radical (unpaired) electrons. The number of ketones is 2. The van der Waals surface area contributed by atoms with Gasteiger partial charge in [-0.05, 0) is 47.5 Å². The molecule has 0 aliphatic carbocycles. The van der Waals surface area contributed by atoms with Gasteiger partial charge in [-0.15, -0.1) is 0 Å². The normalized spacial score (nSPS) is 23.9. The van der Waals surface area contributed by atoms with E-state index >= 15 is 0 Å². The van der Waals surface area contributed by atoms with Crippen LogP contribution < -0.4 is 10.2 Å². The predicted octanol–water partition coefficient (Wildman–Crippen LogP) is 6.96. The van der Waals surface area contributed by atoms with Crippen LogP contribution in [0.1, 0.15) is 31.8 Å². The standard InChI is InChI=1S/C33H22BrClN2O3/c34-22-13-10-20(11-14-22)31(39)29-28(30(38)19-6-2-1-3-7-19)33(24-8-4-5-9-25(24)36-32(33)40)27-17-12-21-18-23(35)15-16-26(21)37(27)29/h1-18,27-29H,(H,36,40). The lowest BCUT2D eigenvalue weighted by atomic mass is 9.64. The van der Waals surface area contributed by atoms with E-state index in [4.69, 9.17) is 11.6 Å². The number of fused-ring (bicyclic) bond motifs is 6. The lowest BCUT2D eigenvalue weighted by Gasteiger charge is -2.37.